The molecule has 4 heteroatoms. The quantitative estimate of drug-likeness (QED) is 0.543. The first-order valence-corrected chi connectivity index (χ1v) is 5.50. The Kier molecular flexibility index (Phi) is 5.65. The van der Waals surface area contributed by atoms with Crippen LogP contribution < -0.4 is 11.1 Å². The van der Waals surface area contributed by atoms with Crippen molar-refractivity contribution in [1.82, 2.24) is 10.2 Å². The van der Waals surface area contributed by atoms with E-state index >= 15 is 0 Å². The van der Waals surface area contributed by atoms with Crippen LogP contribution in [0.4, 0.5) is 0 Å². The summed E-state index contributed by atoms with van der Waals surface area (Å²) in [5.74, 6) is 0.527. The van der Waals surface area contributed by atoms with Crippen LogP contribution in [0.2, 0.25) is 0 Å². The van der Waals surface area contributed by atoms with Gasteiger partial charge in [0.15, 0.2) is 5.96 Å². The minimum absolute atomic E-state index is 0.0163. The van der Waals surface area contributed by atoms with Crippen molar-refractivity contribution in [2.45, 2.75) is 46.2 Å². The predicted molar refractivity (Wildman–Crippen MR) is 67.1 cm³/mol. The molecule has 0 rings (SSSR count). The van der Waals surface area contributed by atoms with E-state index in [0.717, 1.165) is 13.1 Å². The Morgan fingerprint density at radius 1 is 1.40 bits per heavy atom. The van der Waals surface area contributed by atoms with E-state index in [1.807, 2.05) is 0 Å². The number of hydrogen-bond acceptors (Lipinski definition) is 2. The summed E-state index contributed by atoms with van der Waals surface area (Å²) in [6.45, 7) is 12.2. The van der Waals surface area contributed by atoms with Gasteiger partial charge in [-0.1, -0.05) is 0 Å². The molecule has 0 heterocycles. The summed E-state index contributed by atoms with van der Waals surface area (Å²) in [4.78, 5) is 6.52. The minimum Gasteiger partial charge on any atom is -0.370 e. The number of guanidine groups is 1. The van der Waals surface area contributed by atoms with Crippen LogP contribution in [-0.2, 0) is 0 Å². The van der Waals surface area contributed by atoms with E-state index in [1.54, 1.807) is 0 Å². The molecule has 0 saturated carbocycles. The number of nitrogens with zero attached hydrogens (tertiary/aromatic N) is 2. The average Bonchev–Trinajstić information content (AvgIpc) is 2.00. The largest absolute Gasteiger partial charge is 0.370 e. The molecule has 0 aliphatic rings. The number of hydrogen-bond donors (Lipinski definition) is 2. The number of likely N-dealkylation sites (N-methyl/N-ethyl adjacent to an activating group) is 1. The van der Waals surface area contributed by atoms with Gasteiger partial charge in [0.25, 0.3) is 0 Å². The Labute approximate surface area is 93.9 Å². The summed E-state index contributed by atoms with van der Waals surface area (Å²) >= 11 is 0. The molecule has 0 saturated heterocycles. The van der Waals surface area contributed by atoms with Gasteiger partial charge in [-0.3, -0.25) is 4.99 Å². The second kappa shape index (κ2) is 5.95. The van der Waals surface area contributed by atoms with E-state index in [9.17, 15) is 0 Å². The maximum Gasteiger partial charge on any atom is 0.189 e. The second-order valence-electron chi connectivity index (χ2n) is 5.22. The van der Waals surface area contributed by atoms with Crippen molar-refractivity contribution in [2.75, 3.05) is 20.1 Å². The zero-order valence-corrected chi connectivity index (χ0v) is 11.0. The molecule has 0 aromatic carbocycles. The Morgan fingerprint density at radius 2 is 1.93 bits per heavy atom. The topological polar surface area (TPSA) is 53.6 Å². The highest BCUT2D eigenvalue weighted by Gasteiger charge is 2.09. The van der Waals surface area contributed by atoms with Gasteiger partial charge in [-0.2, -0.15) is 0 Å². The van der Waals surface area contributed by atoms with Crippen LogP contribution in [0, 0.1) is 0 Å². The molecule has 0 unspecified atom stereocenters. The molecule has 0 fully saturated rings. The summed E-state index contributed by atoms with van der Waals surface area (Å²) < 4.78 is 0. The lowest BCUT2D eigenvalue weighted by molar-refractivity contribution is 0.282. The highest BCUT2D eigenvalue weighted by Crippen LogP contribution is 1.97. The monoisotopic (exact) mass is 214 g/mol. The van der Waals surface area contributed by atoms with Gasteiger partial charge in [0.1, 0.15) is 0 Å². The molecule has 0 radical (unpaired) electrons. The van der Waals surface area contributed by atoms with E-state index in [0.29, 0.717) is 12.0 Å². The lowest BCUT2D eigenvalue weighted by Gasteiger charge is -2.22. The number of aliphatic imine (C=N–C) groups is 1. The van der Waals surface area contributed by atoms with Gasteiger partial charge in [0, 0.05) is 18.1 Å². The molecule has 0 amide bonds. The summed E-state index contributed by atoms with van der Waals surface area (Å²) in [6.07, 6.45) is 0. The molecule has 0 aromatic rings. The van der Waals surface area contributed by atoms with E-state index in [4.69, 9.17) is 5.73 Å². The van der Waals surface area contributed by atoms with Gasteiger partial charge in [0.2, 0.25) is 0 Å². The molecular formula is C11H26N4. The van der Waals surface area contributed by atoms with Gasteiger partial charge < -0.3 is 16.0 Å². The summed E-state index contributed by atoms with van der Waals surface area (Å²) in [6, 6.07) is 0.553. The lowest BCUT2D eigenvalue weighted by Crippen LogP contribution is -2.45. The van der Waals surface area contributed by atoms with Crippen LogP contribution in [0.25, 0.3) is 0 Å². The van der Waals surface area contributed by atoms with Crippen molar-refractivity contribution >= 4 is 5.96 Å². The normalized spacial score (nSPS) is 13.7. The number of nitrogens with two attached hydrogens (primary N) is 1. The minimum atomic E-state index is -0.0163. The van der Waals surface area contributed by atoms with Crippen LogP contribution in [0.3, 0.4) is 0 Å². The summed E-state index contributed by atoms with van der Waals surface area (Å²) in [7, 11) is 2.09. The Bertz CT molecular complexity index is 203. The number of rotatable bonds is 4. The Morgan fingerprint density at radius 3 is 2.33 bits per heavy atom. The lowest BCUT2D eigenvalue weighted by atomic mass is 10.1. The Balaban J connectivity index is 3.87. The van der Waals surface area contributed by atoms with Crippen LogP contribution >= 0.6 is 0 Å². The molecule has 0 aromatic heterocycles. The maximum atomic E-state index is 5.74. The first-order valence-electron chi connectivity index (χ1n) is 5.50. The number of nitrogens with one attached hydrogen (secondary N) is 1. The van der Waals surface area contributed by atoms with E-state index < -0.39 is 0 Å². The SMILES string of the molecule is CC(C)N(C)CCN=C(N)NC(C)(C)C. The Hall–Kier alpha value is -0.770. The third-order valence-corrected chi connectivity index (χ3v) is 2.12. The predicted octanol–water partition coefficient (Wildman–Crippen LogP) is 1.03. The van der Waals surface area contributed by atoms with E-state index in [2.05, 4.69) is 56.9 Å². The van der Waals surface area contributed by atoms with Gasteiger partial charge >= 0.3 is 0 Å². The van der Waals surface area contributed by atoms with Crippen molar-refractivity contribution in [2.24, 2.45) is 10.7 Å². The molecule has 0 aliphatic carbocycles. The zero-order valence-electron chi connectivity index (χ0n) is 11.0. The second-order valence-corrected chi connectivity index (χ2v) is 5.22. The van der Waals surface area contributed by atoms with Crippen molar-refractivity contribution in [3.63, 3.8) is 0 Å². The highest BCUT2D eigenvalue weighted by atomic mass is 15.2. The molecule has 90 valence electrons. The van der Waals surface area contributed by atoms with Crippen molar-refractivity contribution in [3.05, 3.63) is 0 Å². The third-order valence-electron chi connectivity index (χ3n) is 2.12. The molecule has 3 N–H and O–H groups in total. The van der Waals surface area contributed by atoms with Crippen LogP contribution in [0.5, 0.6) is 0 Å². The molecule has 0 atom stereocenters. The molecule has 4 nitrogen and oxygen atoms in total. The van der Waals surface area contributed by atoms with Crippen molar-refractivity contribution in [3.8, 4) is 0 Å². The van der Waals surface area contributed by atoms with Gasteiger partial charge in [-0.05, 0) is 41.7 Å². The van der Waals surface area contributed by atoms with Crippen LogP contribution in [-0.4, -0.2) is 42.6 Å². The standard InChI is InChI=1S/C11H26N4/c1-9(2)15(6)8-7-13-10(12)14-11(3,4)5/h9H,7-8H2,1-6H3,(H3,12,13,14). The first-order chi connectivity index (χ1) is 6.72. The van der Waals surface area contributed by atoms with Crippen molar-refractivity contribution in [1.29, 1.82) is 0 Å². The maximum absolute atomic E-state index is 5.74. The van der Waals surface area contributed by atoms with E-state index in [-0.39, 0.29) is 5.54 Å². The van der Waals surface area contributed by atoms with Gasteiger partial charge in [0.05, 0.1) is 6.54 Å². The highest BCUT2D eigenvalue weighted by molar-refractivity contribution is 5.78. The smallest absolute Gasteiger partial charge is 0.189 e. The van der Waals surface area contributed by atoms with Gasteiger partial charge in [-0.25, -0.2) is 0 Å². The summed E-state index contributed by atoms with van der Waals surface area (Å²) in [5, 5.41) is 3.13. The fourth-order valence-corrected chi connectivity index (χ4v) is 1.01. The van der Waals surface area contributed by atoms with Crippen LogP contribution in [0.15, 0.2) is 4.99 Å². The van der Waals surface area contributed by atoms with Crippen LogP contribution in [0.1, 0.15) is 34.6 Å². The van der Waals surface area contributed by atoms with Crippen molar-refractivity contribution < 1.29 is 0 Å². The average molecular weight is 214 g/mol. The molecule has 0 bridgehead atoms. The third kappa shape index (κ3) is 8.24. The molecule has 0 aliphatic heterocycles. The molecular weight excluding hydrogens is 188 g/mol. The molecule has 0 spiro atoms. The molecule has 15 heavy (non-hydrogen) atoms. The summed E-state index contributed by atoms with van der Waals surface area (Å²) in [5.41, 5.74) is 5.73. The van der Waals surface area contributed by atoms with Gasteiger partial charge in [-0.15, -0.1) is 0 Å². The first kappa shape index (κ1) is 14.2. The zero-order chi connectivity index (χ0) is 12.1. The van der Waals surface area contributed by atoms with E-state index in [1.165, 1.54) is 0 Å². The fourth-order valence-electron chi connectivity index (χ4n) is 1.01. The fraction of sp³-hybridized carbons (Fsp3) is 0.909.